The lowest BCUT2D eigenvalue weighted by Gasteiger charge is -2.47. The molecule has 0 bridgehead atoms. The Morgan fingerprint density at radius 1 is 0.833 bits per heavy atom. The summed E-state index contributed by atoms with van der Waals surface area (Å²) in [6.45, 7) is -1.07. The van der Waals surface area contributed by atoms with Crippen LogP contribution in [0, 0.1) is 0 Å². The third-order valence-corrected chi connectivity index (χ3v) is 7.35. The Morgan fingerprint density at radius 3 is 1.88 bits per heavy atom. The van der Waals surface area contributed by atoms with Crippen molar-refractivity contribution in [1.82, 2.24) is 4.72 Å². The Balaban J connectivity index is 1.62. The summed E-state index contributed by atoms with van der Waals surface area (Å²) >= 11 is 0. The molecule has 0 amide bonds. The summed E-state index contributed by atoms with van der Waals surface area (Å²) in [5.41, 5.74) is 1.29. The highest BCUT2D eigenvalue weighted by Crippen LogP contribution is 2.32. The summed E-state index contributed by atoms with van der Waals surface area (Å²) < 4.78 is 62.8. The molecule has 15 nitrogen and oxygen atoms in total. The molecule has 0 aliphatic carbocycles. The van der Waals surface area contributed by atoms with E-state index in [1.165, 1.54) is 0 Å². The molecule has 0 unspecified atom stereocenters. The van der Waals surface area contributed by atoms with E-state index in [9.17, 15) is 43.3 Å². The minimum Gasteiger partial charge on any atom is -0.479 e. The lowest BCUT2D eigenvalue weighted by molar-refractivity contribution is -0.347. The first-order valence-corrected chi connectivity index (χ1v) is 14.3. The average Bonchev–Trinajstić information content (AvgIpc) is 2.95. The second kappa shape index (κ2) is 14.3. The first-order chi connectivity index (χ1) is 20.0. The fraction of sp³-hybridized carbons (Fsp3) is 0.500. The van der Waals surface area contributed by atoms with Crippen molar-refractivity contribution in [2.75, 3.05) is 6.61 Å². The van der Waals surface area contributed by atoms with Gasteiger partial charge in [-0.05, 0) is 11.1 Å². The van der Waals surface area contributed by atoms with Gasteiger partial charge in [-0.25, -0.2) is 4.79 Å². The second-order valence-corrected chi connectivity index (χ2v) is 10.9. The fourth-order valence-electron chi connectivity index (χ4n) is 4.76. The minimum atomic E-state index is -4.93. The van der Waals surface area contributed by atoms with Crippen LogP contribution in [-0.2, 0) is 52.0 Å². The third-order valence-electron chi connectivity index (χ3n) is 6.78. The smallest absolute Gasteiger partial charge is 0.335 e. The first-order valence-electron chi connectivity index (χ1n) is 12.9. The number of aliphatic hydroxyl groups excluding tert-OH is 4. The molecular formula is C26H33NO14S. The van der Waals surface area contributed by atoms with Gasteiger partial charge in [-0.15, -0.1) is 0 Å². The SMILES string of the molecule is O=C(O)[C@@H]1O[C@@H](O[C@H]2[C@H](OCc3ccccc3)[C@@H](NS(=O)(=O)O)[C@@H](O)O[C@@H]2CO)[C@H](O)[C@@H](OCc2ccccc2)[C@@H]1O. The molecule has 0 aromatic heterocycles. The van der Waals surface area contributed by atoms with E-state index >= 15 is 0 Å². The number of carbonyl (C=O) groups is 1. The van der Waals surface area contributed by atoms with Crippen LogP contribution in [-0.4, -0.2) is 112 Å². The van der Waals surface area contributed by atoms with Crippen molar-refractivity contribution in [1.29, 1.82) is 0 Å². The molecule has 232 valence electrons. The van der Waals surface area contributed by atoms with Crippen molar-refractivity contribution < 1.29 is 67.0 Å². The van der Waals surface area contributed by atoms with Crippen molar-refractivity contribution in [3.63, 3.8) is 0 Å². The van der Waals surface area contributed by atoms with Crippen LogP contribution < -0.4 is 4.72 Å². The summed E-state index contributed by atoms with van der Waals surface area (Å²) in [6.07, 6.45) is -15.3. The van der Waals surface area contributed by atoms with Gasteiger partial charge in [0, 0.05) is 0 Å². The summed E-state index contributed by atoms with van der Waals surface area (Å²) in [4.78, 5) is 11.9. The number of aliphatic hydroxyl groups is 4. The van der Waals surface area contributed by atoms with E-state index in [1.807, 2.05) is 0 Å². The molecule has 2 aliphatic heterocycles. The number of rotatable bonds is 12. The molecule has 0 spiro atoms. The molecule has 42 heavy (non-hydrogen) atoms. The zero-order valence-electron chi connectivity index (χ0n) is 22.0. The average molecular weight is 616 g/mol. The summed E-state index contributed by atoms with van der Waals surface area (Å²) in [5, 5.41) is 52.0. The van der Waals surface area contributed by atoms with Crippen LogP contribution in [0.5, 0.6) is 0 Å². The van der Waals surface area contributed by atoms with E-state index in [0.717, 1.165) is 0 Å². The zero-order valence-corrected chi connectivity index (χ0v) is 22.8. The topological polar surface area (TPSA) is 231 Å². The van der Waals surface area contributed by atoms with Crippen LogP contribution >= 0.6 is 0 Å². The molecule has 16 heteroatoms. The maximum absolute atomic E-state index is 11.9. The number of aliphatic carboxylic acids is 1. The van der Waals surface area contributed by atoms with Crippen LogP contribution in [0.3, 0.4) is 0 Å². The molecule has 2 fully saturated rings. The van der Waals surface area contributed by atoms with Gasteiger partial charge in [-0.1, -0.05) is 60.7 Å². The van der Waals surface area contributed by atoms with Gasteiger partial charge in [0.2, 0.25) is 0 Å². The molecule has 7 N–H and O–H groups in total. The minimum absolute atomic E-state index is 0.111. The molecule has 2 aromatic rings. The van der Waals surface area contributed by atoms with Crippen molar-refractivity contribution in [3.05, 3.63) is 71.8 Å². The van der Waals surface area contributed by atoms with Crippen molar-refractivity contribution in [2.45, 2.75) is 74.6 Å². The zero-order chi connectivity index (χ0) is 30.4. The number of benzene rings is 2. The van der Waals surface area contributed by atoms with E-state index in [4.69, 9.17) is 23.7 Å². The number of carboxylic acids is 1. The van der Waals surface area contributed by atoms with Crippen molar-refractivity contribution in [3.8, 4) is 0 Å². The molecule has 2 aliphatic rings. The number of nitrogens with one attached hydrogen (secondary N) is 1. The van der Waals surface area contributed by atoms with Crippen LogP contribution in [0.15, 0.2) is 60.7 Å². The molecular weight excluding hydrogens is 582 g/mol. The predicted molar refractivity (Wildman–Crippen MR) is 140 cm³/mol. The summed E-state index contributed by atoms with van der Waals surface area (Å²) in [5.74, 6) is -1.59. The van der Waals surface area contributed by atoms with Gasteiger partial charge < -0.3 is 49.2 Å². The van der Waals surface area contributed by atoms with Crippen LogP contribution in [0.2, 0.25) is 0 Å². The first kappa shape index (κ1) is 32.3. The molecule has 10 atom stereocenters. The number of hydrogen-bond donors (Lipinski definition) is 7. The lowest BCUT2D eigenvalue weighted by Crippen LogP contribution is -2.68. The Kier molecular flexibility index (Phi) is 11.0. The maximum atomic E-state index is 11.9. The lowest BCUT2D eigenvalue weighted by atomic mass is 9.95. The molecule has 2 heterocycles. The molecule has 0 radical (unpaired) electrons. The number of ether oxygens (including phenoxy) is 5. The molecule has 2 aromatic carbocycles. The van der Waals surface area contributed by atoms with Gasteiger partial charge in [0.25, 0.3) is 0 Å². The van der Waals surface area contributed by atoms with Gasteiger partial charge in [-0.3, -0.25) is 4.55 Å². The van der Waals surface area contributed by atoms with E-state index < -0.39 is 84.2 Å². The second-order valence-electron chi connectivity index (χ2n) is 9.73. The predicted octanol–water partition coefficient (Wildman–Crippen LogP) is -1.46. The van der Waals surface area contributed by atoms with Gasteiger partial charge >= 0.3 is 16.3 Å². The van der Waals surface area contributed by atoms with Gasteiger partial charge in [0.05, 0.1) is 19.8 Å². The van der Waals surface area contributed by atoms with Gasteiger partial charge in [-0.2, -0.15) is 13.1 Å². The van der Waals surface area contributed by atoms with Crippen molar-refractivity contribution >= 4 is 16.3 Å². The maximum Gasteiger partial charge on any atom is 0.335 e. The quantitative estimate of drug-likeness (QED) is 0.135. The van der Waals surface area contributed by atoms with Gasteiger partial charge in [0.15, 0.2) is 18.7 Å². The molecule has 0 saturated carbocycles. The highest BCUT2D eigenvalue weighted by molar-refractivity contribution is 7.83. The standard InChI is InChI=1S/C26H33NO14S/c28-11-16-20(21(37-12-14-7-3-1-4-8-14)17(25(33)39-16)27-42(34,35)36)40-26-19(30)22(18(29)23(41-26)24(31)32)38-13-15-9-5-2-6-10-15/h1-10,16-23,25-30,33H,11-13H2,(H,31,32)(H,34,35,36)/t16-,17-,18+,19-,20-,21-,22+,23-,25+,26-/m1/s1. The van der Waals surface area contributed by atoms with Crippen LogP contribution in [0.25, 0.3) is 0 Å². The highest BCUT2D eigenvalue weighted by Gasteiger charge is 2.54. The largest absolute Gasteiger partial charge is 0.479 e. The third kappa shape index (κ3) is 8.07. The number of carboxylic acid groups (broad SMARTS) is 1. The van der Waals surface area contributed by atoms with Gasteiger partial charge in [0.1, 0.15) is 42.7 Å². The van der Waals surface area contributed by atoms with Crippen LogP contribution in [0.1, 0.15) is 11.1 Å². The van der Waals surface area contributed by atoms with Crippen molar-refractivity contribution in [2.24, 2.45) is 0 Å². The Morgan fingerprint density at radius 2 is 1.38 bits per heavy atom. The van der Waals surface area contributed by atoms with E-state index in [2.05, 4.69) is 0 Å². The van der Waals surface area contributed by atoms with E-state index in [-0.39, 0.29) is 13.2 Å². The summed E-state index contributed by atoms with van der Waals surface area (Å²) in [6, 6.07) is 15.6. The van der Waals surface area contributed by atoms with E-state index in [0.29, 0.717) is 11.1 Å². The Bertz CT molecular complexity index is 1250. The molecule has 4 rings (SSSR count). The fourth-order valence-corrected chi connectivity index (χ4v) is 5.36. The van der Waals surface area contributed by atoms with E-state index in [1.54, 1.807) is 65.4 Å². The highest BCUT2D eigenvalue weighted by atomic mass is 32.2. The normalized spacial score (nSPS) is 33.7. The number of hydrogen-bond acceptors (Lipinski definition) is 12. The summed E-state index contributed by atoms with van der Waals surface area (Å²) in [7, 11) is -4.93. The van der Waals surface area contributed by atoms with Crippen LogP contribution in [0.4, 0.5) is 0 Å². The monoisotopic (exact) mass is 615 g/mol. The molecule has 2 saturated heterocycles. The Labute approximate surface area is 241 Å². The Hall–Kier alpha value is -2.58.